The monoisotopic (exact) mass is 194 g/mol. The van der Waals surface area contributed by atoms with Gasteiger partial charge in [-0.25, -0.2) is 0 Å². The van der Waals surface area contributed by atoms with E-state index >= 15 is 0 Å². The number of hydrogen-bond donors (Lipinski definition) is 1. The standard InChI is InChI=1S/C12H18O2/c1-10-4-3-5-11(8-10)6-7-12(13)9-14-2/h3-5,8,12-13H,6-7,9H2,1-2H3. The molecule has 0 spiro atoms. The fourth-order valence-electron chi connectivity index (χ4n) is 1.48. The summed E-state index contributed by atoms with van der Waals surface area (Å²) in [6, 6.07) is 8.37. The molecule has 0 saturated heterocycles. The Morgan fingerprint density at radius 2 is 2.21 bits per heavy atom. The fraction of sp³-hybridized carbons (Fsp3) is 0.500. The van der Waals surface area contributed by atoms with Gasteiger partial charge in [0.1, 0.15) is 0 Å². The second-order valence-corrected chi connectivity index (χ2v) is 3.64. The van der Waals surface area contributed by atoms with Crippen LogP contribution >= 0.6 is 0 Å². The summed E-state index contributed by atoms with van der Waals surface area (Å²) in [6.45, 7) is 2.50. The van der Waals surface area contributed by atoms with E-state index in [9.17, 15) is 5.11 Å². The fourth-order valence-corrected chi connectivity index (χ4v) is 1.48. The Bertz CT molecular complexity index is 271. The maximum Gasteiger partial charge on any atom is 0.0776 e. The molecule has 2 heteroatoms. The molecule has 0 saturated carbocycles. The Morgan fingerprint density at radius 3 is 2.86 bits per heavy atom. The zero-order valence-electron chi connectivity index (χ0n) is 8.86. The molecule has 14 heavy (non-hydrogen) atoms. The van der Waals surface area contributed by atoms with Crippen molar-refractivity contribution in [2.24, 2.45) is 0 Å². The average molecular weight is 194 g/mol. The molecule has 1 aromatic carbocycles. The summed E-state index contributed by atoms with van der Waals surface area (Å²) in [4.78, 5) is 0. The molecule has 1 rings (SSSR count). The Hall–Kier alpha value is -0.860. The minimum atomic E-state index is -0.347. The van der Waals surface area contributed by atoms with E-state index in [2.05, 4.69) is 25.1 Å². The third kappa shape index (κ3) is 3.90. The number of methoxy groups -OCH3 is 1. The summed E-state index contributed by atoms with van der Waals surface area (Å²) in [5, 5.41) is 9.45. The minimum Gasteiger partial charge on any atom is -0.391 e. The Morgan fingerprint density at radius 1 is 1.43 bits per heavy atom. The first-order valence-corrected chi connectivity index (χ1v) is 4.95. The van der Waals surface area contributed by atoms with Gasteiger partial charge in [0.25, 0.3) is 0 Å². The van der Waals surface area contributed by atoms with Crippen LogP contribution in [-0.2, 0) is 11.2 Å². The first kappa shape index (κ1) is 11.2. The van der Waals surface area contributed by atoms with Gasteiger partial charge in [-0.05, 0) is 25.3 Å². The van der Waals surface area contributed by atoms with Crippen LogP contribution in [0.4, 0.5) is 0 Å². The van der Waals surface area contributed by atoms with Gasteiger partial charge in [0.15, 0.2) is 0 Å². The van der Waals surface area contributed by atoms with Gasteiger partial charge in [0, 0.05) is 7.11 Å². The molecule has 1 N–H and O–H groups in total. The van der Waals surface area contributed by atoms with Crippen LogP contribution < -0.4 is 0 Å². The third-order valence-electron chi connectivity index (χ3n) is 2.21. The normalized spacial score (nSPS) is 12.8. The zero-order valence-corrected chi connectivity index (χ0v) is 8.86. The molecule has 1 unspecified atom stereocenters. The van der Waals surface area contributed by atoms with E-state index in [-0.39, 0.29) is 6.10 Å². The summed E-state index contributed by atoms with van der Waals surface area (Å²) < 4.78 is 4.87. The second kappa shape index (κ2) is 5.78. The van der Waals surface area contributed by atoms with Crippen LogP contribution in [-0.4, -0.2) is 24.9 Å². The van der Waals surface area contributed by atoms with Crippen molar-refractivity contribution in [3.63, 3.8) is 0 Å². The highest BCUT2D eigenvalue weighted by molar-refractivity contribution is 5.22. The van der Waals surface area contributed by atoms with Gasteiger partial charge in [0.05, 0.1) is 12.7 Å². The van der Waals surface area contributed by atoms with Crippen molar-refractivity contribution in [1.82, 2.24) is 0 Å². The van der Waals surface area contributed by atoms with E-state index in [1.807, 2.05) is 6.07 Å². The molecule has 0 radical (unpaired) electrons. The maximum atomic E-state index is 9.45. The van der Waals surface area contributed by atoms with Crippen LogP contribution in [0.25, 0.3) is 0 Å². The molecule has 78 valence electrons. The third-order valence-corrected chi connectivity index (χ3v) is 2.21. The first-order valence-electron chi connectivity index (χ1n) is 4.95. The van der Waals surface area contributed by atoms with Crippen LogP contribution in [0.2, 0.25) is 0 Å². The Kier molecular flexibility index (Phi) is 4.63. The Balaban J connectivity index is 2.37. The summed E-state index contributed by atoms with van der Waals surface area (Å²) in [5.74, 6) is 0. The molecule has 0 amide bonds. The quantitative estimate of drug-likeness (QED) is 0.776. The zero-order chi connectivity index (χ0) is 10.4. The number of aliphatic hydroxyl groups excluding tert-OH is 1. The van der Waals surface area contributed by atoms with Crippen LogP contribution in [0.1, 0.15) is 17.5 Å². The highest BCUT2D eigenvalue weighted by atomic mass is 16.5. The van der Waals surface area contributed by atoms with E-state index in [1.54, 1.807) is 7.11 Å². The van der Waals surface area contributed by atoms with Crippen LogP contribution in [0.3, 0.4) is 0 Å². The number of benzene rings is 1. The van der Waals surface area contributed by atoms with Crippen molar-refractivity contribution < 1.29 is 9.84 Å². The molecular weight excluding hydrogens is 176 g/mol. The predicted molar refractivity (Wildman–Crippen MR) is 57.4 cm³/mol. The number of rotatable bonds is 5. The molecule has 1 aromatic rings. The molecule has 1 atom stereocenters. The summed E-state index contributed by atoms with van der Waals surface area (Å²) in [5.41, 5.74) is 2.55. The van der Waals surface area contributed by atoms with E-state index < -0.39 is 0 Å². The first-order chi connectivity index (χ1) is 6.72. The maximum absolute atomic E-state index is 9.45. The lowest BCUT2D eigenvalue weighted by molar-refractivity contribution is 0.0595. The van der Waals surface area contributed by atoms with Crippen molar-refractivity contribution in [2.75, 3.05) is 13.7 Å². The van der Waals surface area contributed by atoms with Gasteiger partial charge in [-0.3, -0.25) is 0 Å². The smallest absolute Gasteiger partial charge is 0.0776 e. The van der Waals surface area contributed by atoms with Gasteiger partial charge in [-0.1, -0.05) is 29.8 Å². The van der Waals surface area contributed by atoms with E-state index in [0.29, 0.717) is 6.61 Å². The molecule has 2 nitrogen and oxygen atoms in total. The predicted octanol–water partition coefficient (Wildman–Crippen LogP) is 1.93. The van der Waals surface area contributed by atoms with Crippen LogP contribution in [0.15, 0.2) is 24.3 Å². The van der Waals surface area contributed by atoms with Crippen molar-refractivity contribution in [1.29, 1.82) is 0 Å². The molecule has 0 bridgehead atoms. The van der Waals surface area contributed by atoms with Crippen LogP contribution in [0.5, 0.6) is 0 Å². The number of aryl methyl sites for hydroxylation is 2. The largest absolute Gasteiger partial charge is 0.391 e. The van der Waals surface area contributed by atoms with E-state index in [1.165, 1.54) is 11.1 Å². The lowest BCUT2D eigenvalue weighted by Crippen LogP contribution is -2.14. The van der Waals surface area contributed by atoms with E-state index in [0.717, 1.165) is 12.8 Å². The summed E-state index contributed by atoms with van der Waals surface area (Å²) in [6.07, 6.45) is 1.32. The number of aliphatic hydroxyl groups is 1. The molecule has 0 aromatic heterocycles. The van der Waals surface area contributed by atoms with Gasteiger partial charge >= 0.3 is 0 Å². The SMILES string of the molecule is COCC(O)CCc1cccc(C)c1. The second-order valence-electron chi connectivity index (χ2n) is 3.64. The average Bonchev–Trinajstić information content (AvgIpc) is 2.15. The van der Waals surface area contributed by atoms with Crippen molar-refractivity contribution in [3.05, 3.63) is 35.4 Å². The molecule has 0 aliphatic heterocycles. The molecule has 0 fully saturated rings. The van der Waals surface area contributed by atoms with Gasteiger partial charge in [-0.2, -0.15) is 0 Å². The lowest BCUT2D eigenvalue weighted by atomic mass is 10.1. The van der Waals surface area contributed by atoms with Crippen molar-refractivity contribution >= 4 is 0 Å². The lowest BCUT2D eigenvalue weighted by Gasteiger charge is -2.09. The van der Waals surface area contributed by atoms with Crippen molar-refractivity contribution in [2.45, 2.75) is 25.9 Å². The highest BCUT2D eigenvalue weighted by Gasteiger charge is 2.03. The van der Waals surface area contributed by atoms with Gasteiger partial charge in [-0.15, -0.1) is 0 Å². The topological polar surface area (TPSA) is 29.5 Å². The highest BCUT2D eigenvalue weighted by Crippen LogP contribution is 2.08. The summed E-state index contributed by atoms with van der Waals surface area (Å²) >= 11 is 0. The summed E-state index contributed by atoms with van der Waals surface area (Å²) in [7, 11) is 1.61. The van der Waals surface area contributed by atoms with Crippen molar-refractivity contribution in [3.8, 4) is 0 Å². The number of hydrogen-bond acceptors (Lipinski definition) is 2. The molecule has 0 aliphatic carbocycles. The van der Waals surface area contributed by atoms with E-state index in [4.69, 9.17) is 4.74 Å². The molecule has 0 aliphatic rings. The van der Waals surface area contributed by atoms with Gasteiger partial charge in [0.2, 0.25) is 0 Å². The Labute approximate surface area is 85.5 Å². The van der Waals surface area contributed by atoms with Crippen LogP contribution in [0, 0.1) is 6.92 Å². The van der Waals surface area contributed by atoms with Gasteiger partial charge < -0.3 is 9.84 Å². The molecule has 0 heterocycles. The number of ether oxygens (including phenoxy) is 1. The minimum absolute atomic E-state index is 0.347. The molecular formula is C12H18O2.